The monoisotopic (exact) mass is 358 g/mol. The summed E-state index contributed by atoms with van der Waals surface area (Å²) in [6.07, 6.45) is 3.80. The van der Waals surface area contributed by atoms with E-state index in [1.807, 2.05) is 19.2 Å². The van der Waals surface area contributed by atoms with Crippen molar-refractivity contribution in [3.05, 3.63) is 36.4 Å². The van der Waals surface area contributed by atoms with Crippen molar-refractivity contribution >= 4 is 23.0 Å². The Morgan fingerprint density at radius 1 is 1.12 bits per heavy atom. The molecule has 2 heterocycles. The highest BCUT2D eigenvalue weighted by Crippen LogP contribution is 2.30. The van der Waals surface area contributed by atoms with Gasteiger partial charge in [0.25, 0.3) is 0 Å². The second kappa shape index (κ2) is 8.21. The summed E-state index contributed by atoms with van der Waals surface area (Å²) in [5.41, 5.74) is 7.65. The number of nitrogens with zero attached hydrogens (tertiary/aromatic N) is 5. The summed E-state index contributed by atoms with van der Waals surface area (Å²) in [5, 5.41) is 0. The molecule has 2 aromatic rings. The fourth-order valence-corrected chi connectivity index (χ4v) is 3.30. The second-order valence-corrected chi connectivity index (χ2v) is 6.64. The first-order valence-corrected chi connectivity index (χ1v) is 9.17. The normalized spacial score (nSPS) is 14.6. The summed E-state index contributed by atoms with van der Waals surface area (Å²) in [7, 11) is 2.01. The largest absolute Gasteiger partial charge is 0.393 e. The van der Waals surface area contributed by atoms with Crippen molar-refractivity contribution in [3.63, 3.8) is 0 Å². The Kier molecular flexibility index (Phi) is 5.75. The predicted molar refractivity (Wildman–Crippen MR) is 105 cm³/mol. The van der Waals surface area contributed by atoms with Gasteiger partial charge in [-0.15, -0.1) is 0 Å². The third kappa shape index (κ3) is 3.81. The summed E-state index contributed by atoms with van der Waals surface area (Å²) < 4.78 is 14.0. The number of nitrogens with two attached hydrogens (primary N) is 1. The molecule has 1 fully saturated rings. The lowest BCUT2D eigenvalue weighted by molar-refractivity contribution is 0.596. The van der Waals surface area contributed by atoms with Crippen LogP contribution < -0.4 is 20.4 Å². The molecule has 0 unspecified atom stereocenters. The van der Waals surface area contributed by atoms with Crippen molar-refractivity contribution in [2.75, 3.05) is 60.2 Å². The Morgan fingerprint density at radius 3 is 2.50 bits per heavy atom. The number of rotatable bonds is 6. The van der Waals surface area contributed by atoms with E-state index in [4.69, 9.17) is 5.73 Å². The van der Waals surface area contributed by atoms with Crippen LogP contribution in [0.4, 0.5) is 27.4 Å². The molecule has 0 spiro atoms. The van der Waals surface area contributed by atoms with Gasteiger partial charge in [0.2, 0.25) is 0 Å². The van der Waals surface area contributed by atoms with Crippen LogP contribution >= 0.6 is 0 Å². The van der Waals surface area contributed by atoms with Crippen LogP contribution in [0.3, 0.4) is 0 Å². The molecule has 0 aliphatic carbocycles. The van der Waals surface area contributed by atoms with Crippen LogP contribution in [0.1, 0.15) is 19.8 Å². The van der Waals surface area contributed by atoms with Gasteiger partial charge in [-0.05, 0) is 18.6 Å². The number of unbranched alkanes of at least 4 members (excludes halogenated alkanes) is 1. The van der Waals surface area contributed by atoms with Gasteiger partial charge in [0.1, 0.15) is 17.8 Å². The molecule has 6 nitrogen and oxygen atoms in total. The number of hydrogen-bond acceptors (Lipinski definition) is 6. The van der Waals surface area contributed by atoms with Crippen molar-refractivity contribution in [3.8, 4) is 0 Å². The molecule has 7 heteroatoms. The average Bonchev–Trinajstić information content (AvgIpc) is 2.67. The van der Waals surface area contributed by atoms with Gasteiger partial charge in [-0.25, -0.2) is 14.4 Å². The van der Waals surface area contributed by atoms with Crippen molar-refractivity contribution in [2.45, 2.75) is 19.8 Å². The SMILES string of the molecule is CCCCN(C)c1ncnc(N2CCN(c3ccccc3F)CC2)c1N. The number of piperazine rings is 1. The zero-order valence-electron chi connectivity index (χ0n) is 15.5. The third-order valence-corrected chi connectivity index (χ3v) is 4.82. The molecule has 140 valence electrons. The van der Waals surface area contributed by atoms with E-state index in [0.717, 1.165) is 57.2 Å². The molecule has 0 saturated carbocycles. The van der Waals surface area contributed by atoms with E-state index in [-0.39, 0.29) is 5.82 Å². The van der Waals surface area contributed by atoms with Gasteiger partial charge in [0.15, 0.2) is 11.6 Å². The molecule has 1 aromatic heterocycles. The lowest BCUT2D eigenvalue weighted by Gasteiger charge is -2.37. The minimum absolute atomic E-state index is 0.178. The van der Waals surface area contributed by atoms with Crippen molar-refractivity contribution in [1.29, 1.82) is 0 Å². The number of nitrogen functional groups attached to an aromatic ring is 1. The zero-order chi connectivity index (χ0) is 18.5. The lowest BCUT2D eigenvalue weighted by atomic mass is 10.2. The van der Waals surface area contributed by atoms with E-state index < -0.39 is 0 Å². The fraction of sp³-hybridized carbons (Fsp3) is 0.474. The summed E-state index contributed by atoms with van der Waals surface area (Å²) >= 11 is 0. The maximum Gasteiger partial charge on any atom is 0.157 e. The van der Waals surface area contributed by atoms with E-state index in [1.165, 1.54) is 6.07 Å². The first-order valence-electron chi connectivity index (χ1n) is 9.17. The molecule has 26 heavy (non-hydrogen) atoms. The van der Waals surface area contributed by atoms with E-state index in [1.54, 1.807) is 12.4 Å². The maximum atomic E-state index is 14.0. The topological polar surface area (TPSA) is 61.5 Å². The Morgan fingerprint density at radius 2 is 1.81 bits per heavy atom. The minimum Gasteiger partial charge on any atom is -0.393 e. The minimum atomic E-state index is -0.178. The average molecular weight is 358 g/mol. The Bertz CT molecular complexity index is 730. The fourth-order valence-electron chi connectivity index (χ4n) is 3.30. The highest BCUT2D eigenvalue weighted by Gasteiger charge is 2.23. The summed E-state index contributed by atoms with van der Waals surface area (Å²) in [5.74, 6) is 1.37. The van der Waals surface area contributed by atoms with Gasteiger partial charge < -0.3 is 20.4 Å². The van der Waals surface area contributed by atoms with Crippen LogP contribution in [0.2, 0.25) is 0 Å². The van der Waals surface area contributed by atoms with Crippen LogP contribution in [0.15, 0.2) is 30.6 Å². The zero-order valence-corrected chi connectivity index (χ0v) is 15.5. The lowest BCUT2D eigenvalue weighted by Crippen LogP contribution is -2.47. The van der Waals surface area contributed by atoms with Crippen molar-refractivity contribution < 1.29 is 4.39 Å². The quantitative estimate of drug-likeness (QED) is 0.857. The molecule has 1 aliphatic rings. The number of para-hydroxylation sites is 1. The second-order valence-electron chi connectivity index (χ2n) is 6.64. The molecule has 0 amide bonds. The molecule has 0 atom stereocenters. The number of halogens is 1. The Labute approximate surface area is 154 Å². The van der Waals surface area contributed by atoms with Crippen molar-refractivity contribution in [2.24, 2.45) is 0 Å². The summed E-state index contributed by atoms with van der Waals surface area (Å²) in [6.45, 7) is 6.02. The highest BCUT2D eigenvalue weighted by atomic mass is 19.1. The molecule has 0 bridgehead atoms. The number of benzene rings is 1. The van der Waals surface area contributed by atoms with Gasteiger partial charge >= 0.3 is 0 Å². The van der Waals surface area contributed by atoms with Crippen molar-refractivity contribution in [1.82, 2.24) is 9.97 Å². The number of aromatic nitrogens is 2. The first-order chi connectivity index (χ1) is 12.6. The molecule has 0 radical (unpaired) electrons. The molecule has 2 N–H and O–H groups in total. The molecule has 1 saturated heterocycles. The van der Waals surface area contributed by atoms with E-state index in [2.05, 4.69) is 31.6 Å². The van der Waals surface area contributed by atoms with Gasteiger partial charge in [0, 0.05) is 39.8 Å². The molecule has 3 rings (SSSR count). The van der Waals surface area contributed by atoms with Gasteiger partial charge in [-0.1, -0.05) is 25.5 Å². The molecule has 1 aliphatic heterocycles. The van der Waals surface area contributed by atoms with E-state index in [9.17, 15) is 4.39 Å². The van der Waals surface area contributed by atoms with Gasteiger partial charge in [-0.3, -0.25) is 0 Å². The molecular formula is C19H27FN6. The summed E-state index contributed by atoms with van der Waals surface area (Å²) in [6, 6.07) is 6.91. The van der Waals surface area contributed by atoms with Gasteiger partial charge in [0.05, 0.1) is 5.69 Å². The van der Waals surface area contributed by atoms with Crippen LogP contribution in [-0.2, 0) is 0 Å². The Hall–Kier alpha value is -2.57. The number of hydrogen-bond donors (Lipinski definition) is 1. The molecule has 1 aromatic carbocycles. The number of anilines is 4. The van der Waals surface area contributed by atoms with Crippen LogP contribution in [0, 0.1) is 5.82 Å². The maximum absolute atomic E-state index is 14.0. The highest BCUT2D eigenvalue weighted by molar-refractivity contribution is 5.75. The van der Waals surface area contributed by atoms with Crippen LogP contribution in [0.5, 0.6) is 0 Å². The predicted octanol–water partition coefficient (Wildman–Crippen LogP) is 2.76. The smallest absolute Gasteiger partial charge is 0.157 e. The van der Waals surface area contributed by atoms with Crippen LogP contribution in [0.25, 0.3) is 0 Å². The van der Waals surface area contributed by atoms with Crippen LogP contribution in [-0.4, -0.2) is 49.7 Å². The Balaban J connectivity index is 1.71. The molecular weight excluding hydrogens is 331 g/mol. The van der Waals surface area contributed by atoms with E-state index >= 15 is 0 Å². The summed E-state index contributed by atoms with van der Waals surface area (Å²) in [4.78, 5) is 15.1. The van der Waals surface area contributed by atoms with Gasteiger partial charge in [-0.2, -0.15) is 0 Å². The standard InChI is InChI=1S/C19H27FN6/c1-3-4-9-24(2)18-17(21)19(23-14-22-18)26-12-10-25(11-13-26)16-8-6-5-7-15(16)20/h5-8,14H,3-4,9-13,21H2,1-2H3. The van der Waals surface area contributed by atoms with E-state index in [0.29, 0.717) is 11.4 Å². The third-order valence-electron chi connectivity index (χ3n) is 4.82. The first kappa shape index (κ1) is 18.2.